The number of rotatable bonds is 1. The van der Waals surface area contributed by atoms with Crippen LogP contribution in [0, 0.1) is 11.3 Å². The molecule has 1 N–H and O–H groups in total. The van der Waals surface area contributed by atoms with E-state index in [1.165, 1.54) is 12.8 Å². The second kappa shape index (κ2) is 3.46. The number of hydrogen-bond acceptors (Lipinski definition) is 1. The Bertz CT molecular complexity index is 173. The van der Waals surface area contributed by atoms with Crippen molar-refractivity contribution in [1.29, 1.82) is 0 Å². The number of carbonyl (C=O) groups is 1. The molecule has 70 valence electrons. The highest BCUT2D eigenvalue weighted by atomic mass is 16.4. The number of aliphatic carboxylic acids is 1. The van der Waals surface area contributed by atoms with Gasteiger partial charge in [-0.15, -0.1) is 0 Å². The van der Waals surface area contributed by atoms with Crippen LogP contribution in [0.5, 0.6) is 0 Å². The molecule has 0 spiro atoms. The highest BCUT2D eigenvalue weighted by Gasteiger charge is 2.35. The predicted molar refractivity (Wildman–Crippen MR) is 48.0 cm³/mol. The third kappa shape index (κ3) is 1.99. The Morgan fingerprint density at radius 1 is 1.33 bits per heavy atom. The SMILES string of the molecule is CC1(C)CCCCCC1C(=O)O. The molecular formula is C10H18O2. The smallest absolute Gasteiger partial charge is 0.307 e. The van der Waals surface area contributed by atoms with Gasteiger partial charge in [0.1, 0.15) is 0 Å². The maximum absolute atomic E-state index is 10.9. The van der Waals surface area contributed by atoms with Crippen LogP contribution in [-0.4, -0.2) is 11.1 Å². The van der Waals surface area contributed by atoms with Crippen LogP contribution in [0.15, 0.2) is 0 Å². The van der Waals surface area contributed by atoms with Crippen molar-refractivity contribution in [2.24, 2.45) is 11.3 Å². The maximum atomic E-state index is 10.9. The normalized spacial score (nSPS) is 29.3. The van der Waals surface area contributed by atoms with Crippen LogP contribution < -0.4 is 0 Å². The Labute approximate surface area is 74.0 Å². The zero-order chi connectivity index (χ0) is 9.19. The fraction of sp³-hybridized carbons (Fsp3) is 0.900. The molecule has 1 atom stereocenters. The molecule has 2 heteroatoms. The Hall–Kier alpha value is -0.530. The van der Waals surface area contributed by atoms with Crippen LogP contribution in [-0.2, 0) is 4.79 Å². The van der Waals surface area contributed by atoms with Gasteiger partial charge in [-0.1, -0.05) is 33.1 Å². The van der Waals surface area contributed by atoms with Crippen molar-refractivity contribution in [1.82, 2.24) is 0 Å². The van der Waals surface area contributed by atoms with E-state index in [1.54, 1.807) is 0 Å². The van der Waals surface area contributed by atoms with E-state index in [1.807, 2.05) is 0 Å². The van der Waals surface area contributed by atoms with Gasteiger partial charge in [0, 0.05) is 0 Å². The van der Waals surface area contributed by atoms with Crippen LogP contribution in [0.2, 0.25) is 0 Å². The molecule has 0 amide bonds. The van der Waals surface area contributed by atoms with Crippen molar-refractivity contribution in [2.45, 2.75) is 46.0 Å². The monoisotopic (exact) mass is 170 g/mol. The quantitative estimate of drug-likeness (QED) is 0.614. The molecule has 2 nitrogen and oxygen atoms in total. The molecule has 1 fully saturated rings. The molecule has 0 aromatic rings. The molecule has 0 heterocycles. The molecule has 0 bridgehead atoms. The molecule has 1 aliphatic rings. The van der Waals surface area contributed by atoms with Gasteiger partial charge in [0.05, 0.1) is 5.92 Å². The van der Waals surface area contributed by atoms with Crippen molar-refractivity contribution >= 4 is 5.97 Å². The van der Waals surface area contributed by atoms with E-state index in [-0.39, 0.29) is 11.3 Å². The number of hydrogen-bond donors (Lipinski definition) is 1. The second-order valence-corrected chi connectivity index (χ2v) is 4.48. The first-order valence-corrected chi connectivity index (χ1v) is 4.77. The molecule has 0 aliphatic heterocycles. The topological polar surface area (TPSA) is 37.3 Å². The standard InChI is InChI=1S/C10H18O2/c1-10(2)7-5-3-4-6-8(10)9(11)12/h8H,3-7H2,1-2H3,(H,11,12). The van der Waals surface area contributed by atoms with E-state index in [4.69, 9.17) is 5.11 Å². The summed E-state index contributed by atoms with van der Waals surface area (Å²) in [5, 5.41) is 9.00. The van der Waals surface area contributed by atoms with Gasteiger partial charge in [-0.2, -0.15) is 0 Å². The summed E-state index contributed by atoms with van der Waals surface area (Å²) >= 11 is 0. The molecular weight excluding hydrogens is 152 g/mol. The zero-order valence-electron chi connectivity index (χ0n) is 7.97. The summed E-state index contributed by atoms with van der Waals surface area (Å²) in [7, 11) is 0. The summed E-state index contributed by atoms with van der Waals surface area (Å²) in [6.45, 7) is 4.16. The van der Waals surface area contributed by atoms with Gasteiger partial charge < -0.3 is 5.11 Å². The Morgan fingerprint density at radius 3 is 2.58 bits per heavy atom. The second-order valence-electron chi connectivity index (χ2n) is 4.48. The summed E-state index contributed by atoms with van der Waals surface area (Å²) in [6.07, 6.45) is 5.40. The van der Waals surface area contributed by atoms with E-state index in [9.17, 15) is 4.79 Å². The minimum atomic E-state index is -0.609. The molecule has 0 radical (unpaired) electrons. The van der Waals surface area contributed by atoms with E-state index in [2.05, 4.69) is 13.8 Å². The van der Waals surface area contributed by atoms with Gasteiger partial charge in [0.25, 0.3) is 0 Å². The van der Waals surface area contributed by atoms with Crippen LogP contribution in [0.3, 0.4) is 0 Å². The average molecular weight is 170 g/mol. The third-order valence-corrected chi connectivity index (χ3v) is 3.06. The van der Waals surface area contributed by atoms with Gasteiger partial charge in [-0.3, -0.25) is 4.79 Å². The Balaban J connectivity index is 2.71. The van der Waals surface area contributed by atoms with Crippen LogP contribution in [0.25, 0.3) is 0 Å². The number of carboxylic acid groups (broad SMARTS) is 1. The molecule has 1 saturated carbocycles. The minimum absolute atomic E-state index is 0.00231. The molecule has 1 rings (SSSR count). The van der Waals surface area contributed by atoms with E-state index in [0.29, 0.717) is 0 Å². The first kappa shape index (κ1) is 9.56. The van der Waals surface area contributed by atoms with Gasteiger partial charge in [0.2, 0.25) is 0 Å². The summed E-state index contributed by atoms with van der Waals surface area (Å²) < 4.78 is 0. The summed E-state index contributed by atoms with van der Waals surface area (Å²) in [4.78, 5) is 10.9. The molecule has 1 unspecified atom stereocenters. The zero-order valence-corrected chi connectivity index (χ0v) is 7.97. The van der Waals surface area contributed by atoms with Crippen molar-refractivity contribution < 1.29 is 9.90 Å². The lowest BCUT2D eigenvalue weighted by molar-refractivity contribution is -0.146. The average Bonchev–Trinajstić information content (AvgIpc) is 2.09. The maximum Gasteiger partial charge on any atom is 0.307 e. The fourth-order valence-electron chi connectivity index (χ4n) is 2.13. The predicted octanol–water partition coefficient (Wildman–Crippen LogP) is 2.68. The molecule has 0 aromatic heterocycles. The lowest BCUT2D eigenvalue weighted by Crippen LogP contribution is -2.29. The van der Waals surface area contributed by atoms with Crippen LogP contribution in [0.4, 0.5) is 0 Å². The first-order chi connectivity index (χ1) is 5.54. The first-order valence-electron chi connectivity index (χ1n) is 4.77. The summed E-state index contributed by atoms with van der Waals surface area (Å²) in [6, 6.07) is 0. The highest BCUT2D eigenvalue weighted by molar-refractivity contribution is 5.70. The van der Waals surface area contributed by atoms with Crippen LogP contribution >= 0.6 is 0 Å². The van der Waals surface area contributed by atoms with Gasteiger partial charge >= 0.3 is 5.97 Å². The summed E-state index contributed by atoms with van der Waals surface area (Å²) in [5.41, 5.74) is 0.00231. The van der Waals surface area contributed by atoms with E-state index in [0.717, 1.165) is 19.3 Å². The van der Waals surface area contributed by atoms with Gasteiger partial charge in [0.15, 0.2) is 0 Å². The summed E-state index contributed by atoms with van der Waals surface area (Å²) in [5.74, 6) is -0.734. The van der Waals surface area contributed by atoms with E-state index < -0.39 is 5.97 Å². The van der Waals surface area contributed by atoms with Crippen molar-refractivity contribution in [3.05, 3.63) is 0 Å². The largest absolute Gasteiger partial charge is 0.481 e. The Morgan fingerprint density at radius 2 is 2.00 bits per heavy atom. The molecule has 0 saturated heterocycles. The molecule has 0 aromatic carbocycles. The van der Waals surface area contributed by atoms with E-state index >= 15 is 0 Å². The fourth-order valence-corrected chi connectivity index (χ4v) is 2.13. The van der Waals surface area contributed by atoms with Gasteiger partial charge in [-0.25, -0.2) is 0 Å². The van der Waals surface area contributed by atoms with Gasteiger partial charge in [-0.05, 0) is 18.3 Å². The lowest BCUT2D eigenvalue weighted by atomic mass is 9.75. The highest BCUT2D eigenvalue weighted by Crippen LogP contribution is 2.39. The lowest BCUT2D eigenvalue weighted by Gasteiger charge is -2.29. The third-order valence-electron chi connectivity index (χ3n) is 3.06. The number of carboxylic acids is 1. The molecule has 12 heavy (non-hydrogen) atoms. The molecule has 1 aliphatic carbocycles. The van der Waals surface area contributed by atoms with Crippen molar-refractivity contribution in [2.75, 3.05) is 0 Å². The van der Waals surface area contributed by atoms with Crippen molar-refractivity contribution in [3.8, 4) is 0 Å². The van der Waals surface area contributed by atoms with Crippen LogP contribution in [0.1, 0.15) is 46.0 Å². The minimum Gasteiger partial charge on any atom is -0.481 e. The van der Waals surface area contributed by atoms with Crippen molar-refractivity contribution in [3.63, 3.8) is 0 Å². The Kier molecular flexibility index (Phi) is 2.76.